The number of likely N-dealkylation sites (N-methyl/N-ethyl adjacent to an activating group) is 1. The predicted molar refractivity (Wildman–Crippen MR) is 101 cm³/mol. The highest BCUT2D eigenvalue weighted by Crippen LogP contribution is 2.20. The van der Waals surface area contributed by atoms with Gasteiger partial charge in [0.05, 0.1) is 13.7 Å². The van der Waals surface area contributed by atoms with E-state index in [1.54, 1.807) is 7.11 Å². The fourth-order valence-corrected chi connectivity index (χ4v) is 2.75. The fourth-order valence-electron chi connectivity index (χ4n) is 2.48. The molecule has 2 aromatic carbocycles. The lowest BCUT2D eigenvalue weighted by molar-refractivity contribution is 0.0988. The zero-order chi connectivity index (χ0) is 17.5. The van der Waals surface area contributed by atoms with Gasteiger partial charge in [-0.05, 0) is 43.9 Å². The third-order valence-electron chi connectivity index (χ3n) is 3.91. The molecule has 1 unspecified atom stereocenters. The quantitative estimate of drug-likeness (QED) is 0.699. The summed E-state index contributed by atoms with van der Waals surface area (Å²) >= 11 is 3.38. The summed E-state index contributed by atoms with van der Waals surface area (Å²) in [5.74, 6) is 0.935. The van der Waals surface area contributed by atoms with Crippen molar-refractivity contribution in [1.82, 2.24) is 10.2 Å². The van der Waals surface area contributed by atoms with Crippen LogP contribution in [-0.4, -0.2) is 45.0 Å². The number of carbonyl (C=O) groups is 1. The first kappa shape index (κ1) is 18.6. The Kier molecular flexibility index (Phi) is 6.97. The minimum Gasteiger partial charge on any atom is -0.497 e. The molecule has 0 amide bonds. The van der Waals surface area contributed by atoms with E-state index in [1.807, 2.05) is 50.5 Å². The molecule has 0 aliphatic heterocycles. The van der Waals surface area contributed by atoms with E-state index >= 15 is 0 Å². The van der Waals surface area contributed by atoms with Crippen molar-refractivity contribution in [3.05, 3.63) is 64.1 Å². The summed E-state index contributed by atoms with van der Waals surface area (Å²) < 4.78 is 6.17. The van der Waals surface area contributed by atoms with Crippen LogP contribution in [-0.2, 0) is 0 Å². The first-order chi connectivity index (χ1) is 11.5. The van der Waals surface area contributed by atoms with Crippen molar-refractivity contribution in [2.24, 2.45) is 0 Å². The molecule has 1 N–H and O–H groups in total. The number of nitrogens with zero attached hydrogens (tertiary/aromatic N) is 1. The van der Waals surface area contributed by atoms with Gasteiger partial charge in [-0.2, -0.15) is 0 Å². The van der Waals surface area contributed by atoms with E-state index in [4.69, 9.17) is 4.74 Å². The second-order valence-electron chi connectivity index (χ2n) is 5.81. The molecular weight excluding hydrogens is 368 g/mol. The van der Waals surface area contributed by atoms with E-state index < -0.39 is 0 Å². The SMILES string of the molecule is COc1ccc(C(CNCC(=O)c2ccc(Br)cc2)N(C)C)cc1. The zero-order valence-corrected chi connectivity index (χ0v) is 15.8. The monoisotopic (exact) mass is 390 g/mol. The van der Waals surface area contributed by atoms with Crippen molar-refractivity contribution in [3.8, 4) is 5.75 Å². The van der Waals surface area contributed by atoms with Gasteiger partial charge in [0, 0.05) is 22.6 Å². The van der Waals surface area contributed by atoms with Crippen LogP contribution in [0, 0.1) is 0 Å². The molecular formula is C19H23BrN2O2. The summed E-state index contributed by atoms with van der Waals surface area (Å²) in [5.41, 5.74) is 1.90. The molecule has 0 radical (unpaired) electrons. The Hall–Kier alpha value is -1.69. The molecule has 128 valence electrons. The van der Waals surface area contributed by atoms with Crippen molar-refractivity contribution >= 4 is 21.7 Å². The maximum Gasteiger partial charge on any atom is 0.176 e. The molecule has 0 bridgehead atoms. The minimum absolute atomic E-state index is 0.0923. The van der Waals surface area contributed by atoms with E-state index in [0.717, 1.165) is 15.8 Å². The van der Waals surface area contributed by atoms with Crippen LogP contribution in [0.15, 0.2) is 53.0 Å². The highest BCUT2D eigenvalue weighted by atomic mass is 79.9. The Morgan fingerprint density at radius 1 is 1.12 bits per heavy atom. The van der Waals surface area contributed by atoms with Gasteiger partial charge < -0.3 is 15.0 Å². The third-order valence-corrected chi connectivity index (χ3v) is 4.44. The average Bonchev–Trinajstić information content (AvgIpc) is 2.59. The molecule has 2 aromatic rings. The summed E-state index contributed by atoms with van der Waals surface area (Å²) in [7, 11) is 5.73. The molecule has 5 heteroatoms. The molecule has 0 aliphatic carbocycles. The van der Waals surface area contributed by atoms with Crippen molar-refractivity contribution in [1.29, 1.82) is 0 Å². The Bertz CT molecular complexity index is 654. The molecule has 4 nitrogen and oxygen atoms in total. The van der Waals surface area contributed by atoms with Crippen LogP contribution in [0.4, 0.5) is 0 Å². The summed E-state index contributed by atoms with van der Waals surface area (Å²) in [5, 5.41) is 3.27. The number of benzene rings is 2. The maximum atomic E-state index is 12.2. The van der Waals surface area contributed by atoms with Gasteiger partial charge in [-0.25, -0.2) is 0 Å². The van der Waals surface area contributed by atoms with Crippen LogP contribution in [0.5, 0.6) is 5.75 Å². The van der Waals surface area contributed by atoms with Gasteiger partial charge in [0.25, 0.3) is 0 Å². The smallest absolute Gasteiger partial charge is 0.176 e. The van der Waals surface area contributed by atoms with Crippen molar-refractivity contribution in [2.45, 2.75) is 6.04 Å². The van der Waals surface area contributed by atoms with Crippen LogP contribution in [0.25, 0.3) is 0 Å². The normalized spacial score (nSPS) is 12.2. The Morgan fingerprint density at radius 3 is 2.29 bits per heavy atom. The molecule has 0 spiro atoms. The van der Waals surface area contributed by atoms with Crippen LogP contribution in [0.3, 0.4) is 0 Å². The van der Waals surface area contributed by atoms with E-state index in [0.29, 0.717) is 13.1 Å². The molecule has 0 heterocycles. The molecule has 2 rings (SSSR count). The largest absolute Gasteiger partial charge is 0.497 e. The zero-order valence-electron chi connectivity index (χ0n) is 14.3. The Morgan fingerprint density at radius 2 is 1.75 bits per heavy atom. The molecule has 24 heavy (non-hydrogen) atoms. The van der Waals surface area contributed by atoms with E-state index in [9.17, 15) is 4.79 Å². The molecule has 1 atom stereocenters. The molecule has 0 aromatic heterocycles. The second kappa shape index (κ2) is 8.97. The standard InChI is InChI=1S/C19H23BrN2O2/c1-22(2)18(14-6-10-17(24-3)11-7-14)12-21-13-19(23)15-4-8-16(20)9-5-15/h4-11,18,21H,12-13H2,1-3H3. The lowest BCUT2D eigenvalue weighted by atomic mass is 10.1. The molecule has 0 aliphatic rings. The predicted octanol–water partition coefficient (Wildman–Crippen LogP) is 3.53. The van der Waals surface area contributed by atoms with Gasteiger partial charge in [-0.1, -0.05) is 40.2 Å². The number of hydrogen-bond acceptors (Lipinski definition) is 4. The van der Waals surface area contributed by atoms with Crippen molar-refractivity contribution in [2.75, 3.05) is 34.3 Å². The maximum absolute atomic E-state index is 12.2. The Balaban J connectivity index is 1.93. The summed E-state index contributed by atoms with van der Waals surface area (Å²) in [4.78, 5) is 14.4. The minimum atomic E-state index is 0.0923. The van der Waals surface area contributed by atoms with E-state index in [1.165, 1.54) is 5.56 Å². The number of hydrogen-bond donors (Lipinski definition) is 1. The number of ketones is 1. The molecule has 0 fully saturated rings. The van der Waals surface area contributed by atoms with E-state index in [2.05, 4.69) is 38.3 Å². The highest BCUT2D eigenvalue weighted by molar-refractivity contribution is 9.10. The van der Waals surface area contributed by atoms with Gasteiger partial charge in [0.1, 0.15) is 5.75 Å². The second-order valence-corrected chi connectivity index (χ2v) is 6.73. The number of methoxy groups -OCH3 is 1. The fraction of sp³-hybridized carbons (Fsp3) is 0.316. The van der Waals surface area contributed by atoms with Gasteiger partial charge in [-0.15, -0.1) is 0 Å². The average molecular weight is 391 g/mol. The first-order valence-corrected chi connectivity index (χ1v) is 8.60. The van der Waals surface area contributed by atoms with Crippen molar-refractivity contribution in [3.63, 3.8) is 0 Å². The number of rotatable bonds is 8. The number of ether oxygens (including phenoxy) is 1. The van der Waals surface area contributed by atoms with Gasteiger partial charge in [0.15, 0.2) is 5.78 Å². The number of Topliss-reactive ketones (excluding diaryl/α,β-unsaturated/α-hetero) is 1. The van der Waals surface area contributed by atoms with Crippen LogP contribution >= 0.6 is 15.9 Å². The summed E-state index contributed by atoms with van der Waals surface area (Å²) in [6.45, 7) is 1.02. The number of nitrogens with one attached hydrogen (secondary N) is 1. The van der Waals surface area contributed by atoms with Crippen LogP contribution < -0.4 is 10.1 Å². The highest BCUT2D eigenvalue weighted by Gasteiger charge is 2.15. The van der Waals surface area contributed by atoms with Crippen molar-refractivity contribution < 1.29 is 9.53 Å². The van der Waals surface area contributed by atoms with Crippen LogP contribution in [0.1, 0.15) is 22.0 Å². The van der Waals surface area contributed by atoms with Gasteiger partial charge >= 0.3 is 0 Å². The number of carbonyl (C=O) groups excluding carboxylic acids is 1. The molecule has 0 saturated heterocycles. The number of halogens is 1. The topological polar surface area (TPSA) is 41.6 Å². The van der Waals surface area contributed by atoms with E-state index in [-0.39, 0.29) is 11.8 Å². The van der Waals surface area contributed by atoms with Gasteiger partial charge in [0.2, 0.25) is 0 Å². The van der Waals surface area contributed by atoms with Crippen LogP contribution in [0.2, 0.25) is 0 Å². The Labute approximate surface area is 151 Å². The van der Waals surface area contributed by atoms with Gasteiger partial charge in [-0.3, -0.25) is 4.79 Å². The summed E-state index contributed by atoms with van der Waals surface area (Å²) in [6, 6.07) is 15.7. The lowest BCUT2D eigenvalue weighted by Gasteiger charge is -2.25. The molecule has 0 saturated carbocycles. The summed E-state index contributed by atoms with van der Waals surface area (Å²) in [6.07, 6.45) is 0. The lowest BCUT2D eigenvalue weighted by Crippen LogP contribution is -2.33. The first-order valence-electron chi connectivity index (χ1n) is 7.81. The third kappa shape index (κ3) is 5.16.